The molecule has 1 amide bonds. The average molecular weight is 234 g/mol. The summed E-state index contributed by atoms with van der Waals surface area (Å²) in [4.78, 5) is 10.8. The zero-order valence-corrected chi connectivity index (χ0v) is 9.20. The number of aromatic nitrogens is 2. The van der Waals surface area contributed by atoms with E-state index in [2.05, 4.69) is 20.9 Å². The van der Waals surface area contributed by atoms with Gasteiger partial charge in [0.05, 0.1) is 0 Å². The van der Waals surface area contributed by atoms with Crippen molar-refractivity contribution in [2.24, 2.45) is 5.73 Å². The van der Waals surface area contributed by atoms with Crippen LogP contribution in [0.4, 0.5) is 5.82 Å². The number of rotatable bonds is 4. The first-order chi connectivity index (χ1) is 7.75. The lowest BCUT2D eigenvalue weighted by atomic mass is 10.3. The molecule has 0 radical (unpaired) electrons. The number of hydrogen-bond acceptors (Lipinski definition) is 5. The molecule has 16 heavy (non-hydrogen) atoms. The molecule has 2 aromatic rings. The highest BCUT2D eigenvalue weighted by atomic mass is 32.1. The van der Waals surface area contributed by atoms with Crippen molar-refractivity contribution in [3.05, 3.63) is 40.2 Å². The minimum atomic E-state index is -0.572. The minimum Gasteiger partial charge on any atom is -0.364 e. The Kier molecular flexibility index (Phi) is 3.11. The minimum absolute atomic E-state index is 0.168. The third kappa shape index (κ3) is 2.54. The first kappa shape index (κ1) is 10.6. The van der Waals surface area contributed by atoms with E-state index in [0.717, 1.165) is 0 Å². The number of hydrogen-bond donors (Lipinski definition) is 2. The van der Waals surface area contributed by atoms with Crippen molar-refractivity contribution < 1.29 is 4.79 Å². The summed E-state index contributed by atoms with van der Waals surface area (Å²) >= 11 is 1.64. The van der Waals surface area contributed by atoms with Crippen molar-refractivity contribution in [3.8, 4) is 0 Å². The van der Waals surface area contributed by atoms with Crippen LogP contribution < -0.4 is 11.1 Å². The molecule has 0 aliphatic carbocycles. The fraction of sp³-hybridized carbons (Fsp3) is 0.100. The number of carbonyl (C=O) groups is 1. The van der Waals surface area contributed by atoms with Crippen LogP contribution >= 0.6 is 11.3 Å². The molecule has 6 heteroatoms. The second-order valence-electron chi connectivity index (χ2n) is 3.15. The Hall–Kier alpha value is -1.95. The molecule has 0 bridgehead atoms. The molecule has 2 aromatic heterocycles. The molecule has 0 aliphatic rings. The molecule has 0 saturated heterocycles. The SMILES string of the molecule is NC(=O)c1ccc(NCc2ccsc2)nn1. The van der Waals surface area contributed by atoms with Crippen LogP contribution in [0.25, 0.3) is 0 Å². The number of amides is 1. The maximum atomic E-state index is 10.8. The predicted octanol–water partition coefficient (Wildman–Crippen LogP) is 1.25. The van der Waals surface area contributed by atoms with Crippen LogP contribution in [0.3, 0.4) is 0 Å². The van der Waals surface area contributed by atoms with E-state index in [9.17, 15) is 4.79 Å². The van der Waals surface area contributed by atoms with Gasteiger partial charge in [-0.3, -0.25) is 4.79 Å². The Balaban J connectivity index is 1.98. The van der Waals surface area contributed by atoms with Crippen LogP contribution in [0.2, 0.25) is 0 Å². The molecule has 0 aromatic carbocycles. The molecule has 2 rings (SSSR count). The van der Waals surface area contributed by atoms with Crippen LogP contribution in [0.15, 0.2) is 29.0 Å². The summed E-state index contributed by atoms with van der Waals surface area (Å²) in [7, 11) is 0. The Bertz CT molecular complexity index is 466. The molecule has 5 nitrogen and oxygen atoms in total. The van der Waals surface area contributed by atoms with Gasteiger partial charge in [0.2, 0.25) is 0 Å². The predicted molar refractivity (Wildman–Crippen MR) is 62.2 cm³/mol. The van der Waals surface area contributed by atoms with Gasteiger partial charge in [-0.15, -0.1) is 10.2 Å². The lowest BCUT2D eigenvalue weighted by Crippen LogP contribution is -2.14. The van der Waals surface area contributed by atoms with Crippen molar-refractivity contribution in [3.63, 3.8) is 0 Å². The number of carbonyl (C=O) groups excluding carboxylic acids is 1. The van der Waals surface area contributed by atoms with Crippen LogP contribution in [0.5, 0.6) is 0 Å². The normalized spacial score (nSPS) is 10.0. The largest absolute Gasteiger partial charge is 0.364 e. The summed E-state index contributed by atoms with van der Waals surface area (Å²) in [5, 5.41) is 14.7. The molecule has 0 spiro atoms. The van der Waals surface area contributed by atoms with Gasteiger partial charge < -0.3 is 11.1 Å². The molecule has 0 unspecified atom stereocenters. The van der Waals surface area contributed by atoms with Crippen molar-refractivity contribution in [1.82, 2.24) is 10.2 Å². The van der Waals surface area contributed by atoms with E-state index in [4.69, 9.17) is 5.73 Å². The second-order valence-corrected chi connectivity index (χ2v) is 3.93. The Labute approximate surface area is 96.3 Å². The highest BCUT2D eigenvalue weighted by molar-refractivity contribution is 7.07. The van der Waals surface area contributed by atoms with E-state index < -0.39 is 5.91 Å². The monoisotopic (exact) mass is 234 g/mol. The third-order valence-corrected chi connectivity index (χ3v) is 2.70. The van der Waals surface area contributed by atoms with Gasteiger partial charge in [-0.05, 0) is 34.5 Å². The number of primary amides is 1. The van der Waals surface area contributed by atoms with Crippen LogP contribution in [-0.2, 0) is 6.54 Å². The molecule has 0 atom stereocenters. The van der Waals surface area contributed by atoms with Crippen LogP contribution in [0.1, 0.15) is 16.1 Å². The van der Waals surface area contributed by atoms with Crippen molar-refractivity contribution >= 4 is 23.1 Å². The fourth-order valence-electron chi connectivity index (χ4n) is 1.14. The fourth-order valence-corrected chi connectivity index (χ4v) is 1.81. The van der Waals surface area contributed by atoms with E-state index >= 15 is 0 Å². The standard InChI is InChI=1S/C10H10N4OS/c11-10(15)8-1-2-9(14-13-8)12-5-7-3-4-16-6-7/h1-4,6H,5H2,(H2,11,15)(H,12,14). The van der Waals surface area contributed by atoms with Gasteiger partial charge in [-0.2, -0.15) is 11.3 Å². The van der Waals surface area contributed by atoms with Crippen molar-refractivity contribution in [2.75, 3.05) is 5.32 Å². The summed E-state index contributed by atoms with van der Waals surface area (Å²) in [6, 6.07) is 5.26. The van der Waals surface area contributed by atoms with Gasteiger partial charge in [0.15, 0.2) is 5.69 Å². The summed E-state index contributed by atoms with van der Waals surface area (Å²) in [5.41, 5.74) is 6.41. The van der Waals surface area contributed by atoms with Crippen molar-refractivity contribution in [1.29, 1.82) is 0 Å². The summed E-state index contributed by atoms with van der Waals surface area (Å²) in [6.45, 7) is 0.689. The van der Waals surface area contributed by atoms with E-state index in [0.29, 0.717) is 12.4 Å². The van der Waals surface area contributed by atoms with Gasteiger partial charge in [-0.25, -0.2) is 0 Å². The first-order valence-electron chi connectivity index (χ1n) is 4.64. The van der Waals surface area contributed by atoms with E-state index in [-0.39, 0.29) is 5.69 Å². The Morgan fingerprint density at radius 3 is 2.81 bits per heavy atom. The van der Waals surface area contributed by atoms with Crippen LogP contribution in [0, 0.1) is 0 Å². The van der Waals surface area contributed by atoms with Crippen molar-refractivity contribution in [2.45, 2.75) is 6.54 Å². The number of nitrogens with two attached hydrogens (primary N) is 1. The van der Waals surface area contributed by atoms with Gasteiger partial charge in [0, 0.05) is 6.54 Å². The Morgan fingerprint density at radius 1 is 1.38 bits per heavy atom. The topological polar surface area (TPSA) is 80.9 Å². The highest BCUT2D eigenvalue weighted by Crippen LogP contribution is 2.08. The number of thiophene rings is 1. The molecular weight excluding hydrogens is 224 g/mol. The van der Waals surface area contributed by atoms with E-state index in [1.165, 1.54) is 5.56 Å². The average Bonchev–Trinajstić information content (AvgIpc) is 2.80. The van der Waals surface area contributed by atoms with Gasteiger partial charge in [-0.1, -0.05) is 0 Å². The number of nitrogens with one attached hydrogen (secondary N) is 1. The smallest absolute Gasteiger partial charge is 0.269 e. The van der Waals surface area contributed by atoms with Gasteiger partial charge >= 0.3 is 0 Å². The van der Waals surface area contributed by atoms with Crippen LogP contribution in [-0.4, -0.2) is 16.1 Å². The maximum Gasteiger partial charge on any atom is 0.269 e. The molecule has 3 N–H and O–H groups in total. The second kappa shape index (κ2) is 4.71. The Morgan fingerprint density at radius 2 is 2.25 bits per heavy atom. The maximum absolute atomic E-state index is 10.8. The highest BCUT2D eigenvalue weighted by Gasteiger charge is 2.02. The lowest BCUT2D eigenvalue weighted by molar-refractivity contribution is 0.0994. The molecule has 82 valence electrons. The van der Waals surface area contributed by atoms with E-state index in [1.807, 2.05) is 11.4 Å². The summed E-state index contributed by atoms with van der Waals surface area (Å²) < 4.78 is 0. The first-order valence-corrected chi connectivity index (χ1v) is 5.58. The zero-order valence-electron chi connectivity index (χ0n) is 8.38. The van der Waals surface area contributed by atoms with E-state index in [1.54, 1.807) is 23.5 Å². The van der Waals surface area contributed by atoms with Gasteiger partial charge in [0.1, 0.15) is 5.82 Å². The van der Waals surface area contributed by atoms with Gasteiger partial charge in [0.25, 0.3) is 5.91 Å². The number of nitrogens with zero attached hydrogens (tertiary/aromatic N) is 2. The zero-order chi connectivity index (χ0) is 11.4. The number of anilines is 1. The molecular formula is C10H10N4OS. The third-order valence-electron chi connectivity index (χ3n) is 1.97. The molecule has 0 fully saturated rings. The quantitative estimate of drug-likeness (QED) is 0.834. The summed E-state index contributed by atoms with van der Waals surface area (Å²) in [5.74, 6) is 0.0492. The molecule has 2 heterocycles. The lowest BCUT2D eigenvalue weighted by Gasteiger charge is -2.02. The summed E-state index contributed by atoms with van der Waals surface area (Å²) in [6.07, 6.45) is 0. The molecule has 0 aliphatic heterocycles. The molecule has 0 saturated carbocycles.